The minimum Gasteiger partial charge on any atom is -0.354 e. The van der Waals surface area contributed by atoms with Crippen molar-refractivity contribution in [3.8, 4) is 11.5 Å². The van der Waals surface area contributed by atoms with Crippen LogP contribution in [0.2, 0.25) is 0 Å². The number of nitrogens with one attached hydrogen (secondary N) is 2. The van der Waals surface area contributed by atoms with Gasteiger partial charge in [0.05, 0.1) is 6.04 Å². The molecule has 1 saturated heterocycles. The van der Waals surface area contributed by atoms with Crippen LogP contribution in [0.25, 0.3) is 11.5 Å². The predicted octanol–water partition coefficient (Wildman–Crippen LogP) is 2.52. The van der Waals surface area contributed by atoms with E-state index in [-0.39, 0.29) is 24.4 Å². The van der Waals surface area contributed by atoms with Gasteiger partial charge in [0.25, 0.3) is 5.89 Å². The number of aromatic nitrogens is 2. The number of piperidine rings is 1. The molecule has 136 valence electrons. The Hall–Kier alpha value is -1.92. The molecule has 1 amide bonds. The van der Waals surface area contributed by atoms with E-state index in [0.717, 1.165) is 44.2 Å². The van der Waals surface area contributed by atoms with E-state index < -0.39 is 0 Å². The van der Waals surface area contributed by atoms with Gasteiger partial charge in [-0.1, -0.05) is 30.6 Å². The molecule has 7 heteroatoms. The van der Waals surface area contributed by atoms with Gasteiger partial charge in [-0.3, -0.25) is 4.79 Å². The summed E-state index contributed by atoms with van der Waals surface area (Å²) in [7, 11) is 0. The molecule has 1 aromatic carbocycles. The van der Waals surface area contributed by atoms with Crippen LogP contribution in [-0.2, 0) is 17.6 Å². The highest BCUT2D eigenvalue weighted by Gasteiger charge is 2.19. The van der Waals surface area contributed by atoms with E-state index in [1.807, 2.05) is 31.2 Å². The van der Waals surface area contributed by atoms with Crippen molar-refractivity contribution in [2.24, 2.45) is 0 Å². The molecule has 0 bridgehead atoms. The Kier molecular flexibility index (Phi) is 7.40. The molecule has 6 nitrogen and oxygen atoms in total. The van der Waals surface area contributed by atoms with E-state index in [2.05, 4.69) is 20.8 Å². The van der Waals surface area contributed by atoms with E-state index in [9.17, 15) is 4.79 Å². The number of hydrogen-bond donors (Lipinski definition) is 2. The monoisotopic (exact) mass is 364 g/mol. The summed E-state index contributed by atoms with van der Waals surface area (Å²) in [5.41, 5.74) is 2.09. The molecule has 25 heavy (non-hydrogen) atoms. The summed E-state index contributed by atoms with van der Waals surface area (Å²) in [5.74, 6) is 1.38. The van der Waals surface area contributed by atoms with E-state index in [4.69, 9.17) is 4.52 Å². The Morgan fingerprint density at radius 2 is 2.12 bits per heavy atom. The summed E-state index contributed by atoms with van der Waals surface area (Å²) in [6.07, 6.45) is 4.79. The first-order chi connectivity index (χ1) is 11.8. The predicted molar refractivity (Wildman–Crippen MR) is 98.7 cm³/mol. The van der Waals surface area contributed by atoms with Crippen molar-refractivity contribution >= 4 is 18.3 Å². The topological polar surface area (TPSA) is 80.0 Å². The van der Waals surface area contributed by atoms with Gasteiger partial charge in [-0.15, -0.1) is 12.4 Å². The van der Waals surface area contributed by atoms with Crippen molar-refractivity contribution < 1.29 is 9.32 Å². The number of benzene rings is 1. The first-order valence-electron chi connectivity index (χ1n) is 8.69. The summed E-state index contributed by atoms with van der Waals surface area (Å²) in [6, 6.07) is 8.01. The average molecular weight is 365 g/mol. The second-order valence-corrected chi connectivity index (χ2v) is 6.11. The van der Waals surface area contributed by atoms with Crippen LogP contribution >= 0.6 is 12.4 Å². The Bertz CT molecular complexity index is 666. The SMILES string of the molecule is CCc1noc(-c2ccc(CCNC(=O)C3CCCCN3)cc2)n1.Cl. The van der Waals surface area contributed by atoms with Gasteiger partial charge in [0.1, 0.15) is 0 Å². The molecule has 0 radical (unpaired) electrons. The molecule has 1 aliphatic heterocycles. The van der Waals surface area contributed by atoms with Gasteiger partial charge in [0, 0.05) is 18.5 Å². The van der Waals surface area contributed by atoms with Gasteiger partial charge in [-0.25, -0.2) is 0 Å². The van der Waals surface area contributed by atoms with Crippen LogP contribution in [0.4, 0.5) is 0 Å². The Balaban J connectivity index is 0.00000225. The standard InChI is InChI=1S/C18H24N4O2.ClH/c1-2-16-21-18(24-22-16)14-8-6-13(7-9-14)10-12-20-17(23)15-5-3-4-11-19-15;/h6-9,15,19H,2-5,10-12H2,1H3,(H,20,23);1H. The minimum atomic E-state index is -0.0218. The lowest BCUT2D eigenvalue weighted by Crippen LogP contribution is -2.47. The van der Waals surface area contributed by atoms with Crippen molar-refractivity contribution in [2.45, 2.75) is 45.1 Å². The third kappa shape index (κ3) is 5.28. The zero-order valence-corrected chi connectivity index (χ0v) is 15.3. The van der Waals surface area contributed by atoms with Crippen LogP contribution in [0.1, 0.15) is 37.6 Å². The summed E-state index contributed by atoms with van der Waals surface area (Å²) in [5, 5.41) is 10.2. The fraction of sp³-hybridized carbons (Fsp3) is 0.500. The lowest BCUT2D eigenvalue weighted by atomic mass is 10.0. The van der Waals surface area contributed by atoms with Crippen molar-refractivity contribution in [3.05, 3.63) is 35.7 Å². The van der Waals surface area contributed by atoms with Crippen molar-refractivity contribution in [3.63, 3.8) is 0 Å². The highest BCUT2D eigenvalue weighted by Crippen LogP contribution is 2.18. The van der Waals surface area contributed by atoms with Gasteiger partial charge in [-0.2, -0.15) is 4.98 Å². The molecule has 1 atom stereocenters. The second kappa shape index (κ2) is 9.53. The lowest BCUT2D eigenvalue weighted by Gasteiger charge is -2.22. The fourth-order valence-electron chi connectivity index (χ4n) is 2.86. The number of hydrogen-bond acceptors (Lipinski definition) is 5. The first-order valence-corrected chi connectivity index (χ1v) is 8.69. The third-order valence-corrected chi connectivity index (χ3v) is 4.32. The lowest BCUT2D eigenvalue weighted by molar-refractivity contribution is -0.123. The van der Waals surface area contributed by atoms with Crippen LogP contribution in [0.3, 0.4) is 0 Å². The maximum atomic E-state index is 12.1. The molecule has 0 aliphatic carbocycles. The van der Waals surface area contributed by atoms with Gasteiger partial charge in [-0.05, 0) is 43.5 Å². The third-order valence-electron chi connectivity index (χ3n) is 4.32. The second-order valence-electron chi connectivity index (χ2n) is 6.11. The van der Waals surface area contributed by atoms with Gasteiger partial charge < -0.3 is 15.2 Å². The van der Waals surface area contributed by atoms with Gasteiger partial charge in [0.15, 0.2) is 5.82 Å². The van der Waals surface area contributed by atoms with E-state index in [0.29, 0.717) is 18.3 Å². The first kappa shape index (κ1) is 19.4. The average Bonchev–Trinajstić information content (AvgIpc) is 3.12. The maximum absolute atomic E-state index is 12.1. The van der Waals surface area contributed by atoms with Crippen LogP contribution in [-0.4, -0.2) is 35.2 Å². The molecule has 1 aromatic heterocycles. The molecule has 2 aromatic rings. The molecule has 2 heterocycles. The summed E-state index contributed by atoms with van der Waals surface area (Å²) in [4.78, 5) is 16.4. The van der Waals surface area contributed by atoms with Gasteiger partial charge >= 0.3 is 0 Å². The van der Waals surface area contributed by atoms with Crippen LogP contribution in [0, 0.1) is 0 Å². The van der Waals surface area contributed by atoms with E-state index >= 15 is 0 Å². The highest BCUT2D eigenvalue weighted by atomic mass is 35.5. The number of nitrogens with zero attached hydrogens (tertiary/aromatic N) is 2. The van der Waals surface area contributed by atoms with E-state index in [1.54, 1.807) is 0 Å². The summed E-state index contributed by atoms with van der Waals surface area (Å²) < 4.78 is 5.24. The van der Waals surface area contributed by atoms with Gasteiger partial charge in [0.2, 0.25) is 5.91 Å². The maximum Gasteiger partial charge on any atom is 0.257 e. The fourth-order valence-corrected chi connectivity index (χ4v) is 2.86. The Labute approximate surface area is 154 Å². The molecular weight excluding hydrogens is 340 g/mol. The quantitative estimate of drug-likeness (QED) is 0.823. The van der Waals surface area contributed by atoms with Crippen LogP contribution < -0.4 is 10.6 Å². The molecule has 3 rings (SSSR count). The molecule has 1 unspecified atom stereocenters. The largest absolute Gasteiger partial charge is 0.354 e. The smallest absolute Gasteiger partial charge is 0.257 e. The molecule has 1 fully saturated rings. The number of carbonyl (C=O) groups is 1. The zero-order chi connectivity index (χ0) is 16.8. The molecule has 2 N–H and O–H groups in total. The number of amides is 1. The number of halogens is 1. The van der Waals surface area contributed by atoms with Crippen LogP contribution in [0.15, 0.2) is 28.8 Å². The Morgan fingerprint density at radius 3 is 2.76 bits per heavy atom. The van der Waals surface area contributed by atoms with Crippen molar-refractivity contribution in [1.29, 1.82) is 0 Å². The molecule has 0 spiro atoms. The molecule has 1 aliphatic rings. The van der Waals surface area contributed by atoms with Crippen molar-refractivity contribution in [2.75, 3.05) is 13.1 Å². The normalized spacial score (nSPS) is 16.9. The van der Waals surface area contributed by atoms with Crippen molar-refractivity contribution in [1.82, 2.24) is 20.8 Å². The zero-order valence-electron chi connectivity index (χ0n) is 14.5. The minimum absolute atomic E-state index is 0. The number of carbonyl (C=O) groups excluding carboxylic acids is 1. The van der Waals surface area contributed by atoms with E-state index in [1.165, 1.54) is 5.56 Å². The molecule has 0 saturated carbocycles. The number of rotatable bonds is 6. The summed E-state index contributed by atoms with van der Waals surface area (Å²) in [6.45, 7) is 3.58. The number of aryl methyl sites for hydroxylation is 1. The molecular formula is C18H25ClN4O2. The Morgan fingerprint density at radius 1 is 1.32 bits per heavy atom. The highest BCUT2D eigenvalue weighted by molar-refractivity contribution is 5.85. The summed E-state index contributed by atoms with van der Waals surface area (Å²) >= 11 is 0. The van der Waals surface area contributed by atoms with Crippen LogP contribution in [0.5, 0.6) is 0 Å².